The second-order valence-corrected chi connectivity index (χ2v) is 3.77. The van der Waals surface area contributed by atoms with E-state index in [1.54, 1.807) is 6.07 Å². The fourth-order valence-electron chi connectivity index (χ4n) is 1.65. The molecule has 2 nitrogen and oxygen atoms in total. The van der Waals surface area contributed by atoms with Crippen molar-refractivity contribution in [3.8, 4) is 0 Å². The van der Waals surface area contributed by atoms with E-state index < -0.39 is 7.12 Å². The van der Waals surface area contributed by atoms with Gasteiger partial charge in [-0.25, -0.2) is 0 Å². The molecule has 0 heterocycles. The lowest BCUT2D eigenvalue weighted by molar-refractivity contribution is 0.425. The van der Waals surface area contributed by atoms with Gasteiger partial charge < -0.3 is 10.0 Å². The van der Waals surface area contributed by atoms with Crippen molar-refractivity contribution >= 4 is 49.3 Å². The van der Waals surface area contributed by atoms with Crippen LogP contribution in [0.15, 0.2) is 35.2 Å². The summed E-state index contributed by atoms with van der Waals surface area (Å²) in [6.07, 6.45) is 0. The molecule has 0 bridgehead atoms. The van der Waals surface area contributed by atoms with E-state index in [1.165, 1.54) is 0 Å². The summed E-state index contributed by atoms with van der Waals surface area (Å²) in [5.74, 6) is 0. The van der Waals surface area contributed by atoms with Crippen LogP contribution in [0.4, 0.5) is 0 Å². The van der Waals surface area contributed by atoms with Gasteiger partial charge in [0, 0.05) is 5.46 Å². The maximum absolute atomic E-state index is 9.28. The predicted molar refractivity (Wildman–Crippen MR) is 66.4 cm³/mol. The Kier molecular flexibility index (Phi) is 2.78. The predicted octanol–water partition coefficient (Wildman–Crippen LogP) is -0.398. The van der Waals surface area contributed by atoms with Crippen LogP contribution >= 0.6 is 12.6 Å². The van der Waals surface area contributed by atoms with Gasteiger partial charge in [0.2, 0.25) is 0 Å². The van der Waals surface area contributed by atoms with Crippen molar-refractivity contribution in [1.29, 1.82) is 0 Å². The molecule has 2 aromatic rings. The third kappa shape index (κ3) is 1.78. The lowest BCUT2D eigenvalue weighted by atomic mass is 9.74. The molecule has 72 valence electrons. The average Bonchev–Trinajstić information content (AvgIpc) is 2.19. The summed E-state index contributed by atoms with van der Waals surface area (Å²) < 4.78 is 0. The zero-order valence-electron chi connectivity index (χ0n) is 7.88. The molecule has 2 aromatic carbocycles. The quantitative estimate of drug-likeness (QED) is 0.446. The van der Waals surface area contributed by atoms with Crippen LogP contribution in [0, 0.1) is 0 Å². The van der Waals surface area contributed by atoms with Crippen molar-refractivity contribution in [3.63, 3.8) is 0 Å². The topological polar surface area (TPSA) is 40.5 Å². The molecule has 0 saturated heterocycles. The third-order valence-electron chi connectivity index (χ3n) is 2.35. The highest BCUT2D eigenvalue weighted by Gasteiger charge is 2.18. The molecule has 0 aromatic heterocycles. The molecule has 2 radical (unpaired) electrons. The van der Waals surface area contributed by atoms with Crippen molar-refractivity contribution < 1.29 is 10.0 Å². The Balaban J connectivity index is 2.89. The largest absolute Gasteiger partial charge is 0.490 e. The van der Waals surface area contributed by atoms with Gasteiger partial charge in [-0.2, -0.15) is 0 Å². The fourth-order valence-corrected chi connectivity index (χ4v) is 1.95. The first kappa shape index (κ1) is 10.6. The van der Waals surface area contributed by atoms with E-state index in [4.69, 9.17) is 7.85 Å². The molecular formula is C10H8B2O2S. The second-order valence-electron chi connectivity index (χ2n) is 3.32. The van der Waals surface area contributed by atoms with Gasteiger partial charge in [0.15, 0.2) is 0 Å². The van der Waals surface area contributed by atoms with E-state index in [0.717, 1.165) is 10.8 Å². The second kappa shape index (κ2) is 3.93. The zero-order valence-corrected chi connectivity index (χ0v) is 8.78. The molecule has 15 heavy (non-hydrogen) atoms. The first-order chi connectivity index (χ1) is 7.11. The van der Waals surface area contributed by atoms with E-state index in [-0.39, 0.29) is 0 Å². The SMILES string of the molecule is [B]c1cc2ccccc2c(B(O)O)c1S. The summed E-state index contributed by atoms with van der Waals surface area (Å²) in [4.78, 5) is 0.420. The number of fused-ring (bicyclic) bond motifs is 1. The van der Waals surface area contributed by atoms with Gasteiger partial charge >= 0.3 is 7.12 Å². The number of rotatable bonds is 1. The molecule has 0 spiro atoms. The van der Waals surface area contributed by atoms with Crippen molar-refractivity contribution in [1.82, 2.24) is 0 Å². The Labute approximate surface area is 94.9 Å². The summed E-state index contributed by atoms with van der Waals surface area (Å²) >= 11 is 4.18. The molecule has 0 amide bonds. The minimum atomic E-state index is -1.56. The van der Waals surface area contributed by atoms with Gasteiger partial charge in [-0.1, -0.05) is 35.8 Å². The smallest absolute Gasteiger partial charge is 0.423 e. The van der Waals surface area contributed by atoms with Crippen molar-refractivity contribution in [2.24, 2.45) is 0 Å². The third-order valence-corrected chi connectivity index (χ3v) is 2.85. The lowest BCUT2D eigenvalue weighted by Crippen LogP contribution is -2.35. The van der Waals surface area contributed by atoms with Crippen molar-refractivity contribution in [2.75, 3.05) is 0 Å². The number of thiol groups is 1. The van der Waals surface area contributed by atoms with Crippen LogP contribution < -0.4 is 10.9 Å². The standard InChI is InChI=1S/C10H8B2O2S/c11-8-5-6-3-1-2-4-7(6)9(10(8)15)12(13)14/h1-5,13-15H. The summed E-state index contributed by atoms with van der Waals surface area (Å²) in [6, 6.07) is 9.14. The number of benzene rings is 2. The molecular weight excluding hydrogens is 206 g/mol. The molecule has 0 fully saturated rings. The number of hydrogen-bond acceptors (Lipinski definition) is 3. The Morgan fingerprint density at radius 1 is 1.20 bits per heavy atom. The maximum Gasteiger partial charge on any atom is 0.490 e. The van der Waals surface area contributed by atoms with Crippen molar-refractivity contribution in [2.45, 2.75) is 4.90 Å². The van der Waals surface area contributed by atoms with Crippen LogP contribution in [0.5, 0.6) is 0 Å². The minimum absolute atomic E-state index is 0.355. The van der Waals surface area contributed by atoms with Crippen LogP contribution in [0.3, 0.4) is 0 Å². The van der Waals surface area contributed by atoms with E-state index in [2.05, 4.69) is 12.6 Å². The number of hydrogen-bond donors (Lipinski definition) is 3. The van der Waals surface area contributed by atoms with E-state index >= 15 is 0 Å². The van der Waals surface area contributed by atoms with Gasteiger partial charge in [0.25, 0.3) is 0 Å². The van der Waals surface area contributed by atoms with Crippen LogP contribution in [-0.4, -0.2) is 25.0 Å². The van der Waals surface area contributed by atoms with Crippen LogP contribution in [-0.2, 0) is 0 Å². The average molecular weight is 214 g/mol. The van der Waals surface area contributed by atoms with Gasteiger partial charge in [-0.3, -0.25) is 0 Å². The molecule has 2 rings (SSSR count). The van der Waals surface area contributed by atoms with Gasteiger partial charge in [-0.05, 0) is 15.7 Å². The summed E-state index contributed by atoms with van der Waals surface area (Å²) in [7, 11) is 4.16. The Hall–Kier alpha value is -0.900. The molecule has 0 atom stereocenters. The Bertz CT molecular complexity index is 514. The highest BCUT2D eigenvalue weighted by atomic mass is 32.1. The Morgan fingerprint density at radius 3 is 2.53 bits per heavy atom. The summed E-state index contributed by atoms with van der Waals surface area (Å²) in [5, 5.41) is 20.2. The highest BCUT2D eigenvalue weighted by Crippen LogP contribution is 2.14. The van der Waals surface area contributed by atoms with Crippen molar-refractivity contribution in [3.05, 3.63) is 30.3 Å². The molecule has 0 aliphatic rings. The van der Waals surface area contributed by atoms with Gasteiger partial charge in [0.1, 0.15) is 7.85 Å². The normalized spacial score (nSPS) is 10.6. The van der Waals surface area contributed by atoms with Crippen LogP contribution in [0.2, 0.25) is 0 Å². The monoisotopic (exact) mass is 214 g/mol. The molecule has 0 unspecified atom stereocenters. The van der Waals surface area contributed by atoms with Gasteiger partial charge in [0.05, 0.1) is 0 Å². The molecule has 2 N–H and O–H groups in total. The highest BCUT2D eigenvalue weighted by molar-refractivity contribution is 7.80. The van der Waals surface area contributed by atoms with E-state index in [9.17, 15) is 10.0 Å². The molecule has 0 aliphatic carbocycles. The summed E-state index contributed by atoms with van der Waals surface area (Å²) in [6.45, 7) is 0. The maximum atomic E-state index is 9.28. The van der Waals surface area contributed by atoms with Gasteiger partial charge in [-0.15, -0.1) is 12.6 Å². The molecule has 0 aliphatic heterocycles. The molecule has 5 heteroatoms. The summed E-state index contributed by atoms with van der Waals surface area (Å²) in [5.41, 5.74) is 0.800. The zero-order chi connectivity index (χ0) is 11.0. The minimum Gasteiger partial charge on any atom is -0.423 e. The molecule has 0 saturated carbocycles. The Morgan fingerprint density at radius 2 is 1.87 bits per heavy atom. The van der Waals surface area contributed by atoms with E-state index in [0.29, 0.717) is 15.8 Å². The fraction of sp³-hybridized carbons (Fsp3) is 0. The first-order valence-corrected chi connectivity index (χ1v) is 4.92. The first-order valence-electron chi connectivity index (χ1n) is 4.47. The van der Waals surface area contributed by atoms with Crippen LogP contribution in [0.25, 0.3) is 10.8 Å². The lowest BCUT2D eigenvalue weighted by Gasteiger charge is -2.11. The van der Waals surface area contributed by atoms with E-state index in [1.807, 2.05) is 24.3 Å². The van der Waals surface area contributed by atoms with Crippen LogP contribution in [0.1, 0.15) is 0 Å².